The monoisotopic (exact) mass is 362 g/mol. The van der Waals surface area contributed by atoms with E-state index in [0.29, 0.717) is 24.5 Å². The second-order valence-electron chi connectivity index (χ2n) is 5.47. The molecule has 2 aromatic carbocycles. The summed E-state index contributed by atoms with van der Waals surface area (Å²) in [5.74, 6) is -0.666. The van der Waals surface area contributed by atoms with Gasteiger partial charge in [-0.15, -0.1) is 0 Å². The van der Waals surface area contributed by atoms with E-state index in [1.165, 1.54) is 12.1 Å². The van der Waals surface area contributed by atoms with E-state index in [1.807, 2.05) is 6.92 Å². The zero-order valence-electron chi connectivity index (χ0n) is 13.9. The Kier molecular flexibility index (Phi) is 6.41. The number of ether oxygens (including phenoxy) is 1. The van der Waals surface area contributed by atoms with Crippen molar-refractivity contribution in [3.63, 3.8) is 0 Å². The van der Waals surface area contributed by atoms with Gasteiger partial charge in [0.2, 0.25) is 0 Å². The Labute approximate surface area is 147 Å². The molecule has 0 aliphatic heterocycles. The van der Waals surface area contributed by atoms with Gasteiger partial charge in [0.15, 0.2) is 0 Å². The summed E-state index contributed by atoms with van der Waals surface area (Å²) in [6, 6.07) is 12.9. The maximum atomic E-state index is 12.5. The summed E-state index contributed by atoms with van der Waals surface area (Å²) in [4.78, 5) is 10.6. The van der Waals surface area contributed by atoms with Crippen LogP contribution in [0.2, 0.25) is 0 Å². The summed E-state index contributed by atoms with van der Waals surface area (Å²) >= 11 is 0. The van der Waals surface area contributed by atoms with Crippen LogP contribution in [0.4, 0.5) is 5.69 Å². The van der Waals surface area contributed by atoms with Gasteiger partial charge in [-0.05, 0) is 49.1 Å². The fraction of sp³-hybridized carbons (Fsp3) is 0.278. The number of hydrogen-bond donors (Lipinski definition) is 1. The first-order chi connectivity index (χ1) is 11.9. The van der Waals surface area contributed by atoms with Crippen LogP contribution < -0.4 is 14.6 Å². The van der Waals surface area contributed by atoms with Gasteiger partial charge in [-0.1, -0.05) is 31.2 Å². The van der Waals surface area contributed by atoms with E-state index < -0.39 is 16.0 Å². The number of nitrogens with one attached hydrogen (secondary N) is 1. The third-order valence-corrected chi connectivity index (χ3v) is 4.83. The number of hydrogen-bond acceptors (Lipinski definition) is 5. The van der Waals surface area contributed by atoms with E-state index in [-0.39, 0.29) is 11.3 Å². The topological polar surface area (TPSA) is 95.5 Å². The molecule has 0 bridgehead atoms. The van der Waals surface area contributed by atoms with Crippen molar-refractivity contribution in [2.45, 2.75) is 31.1 Å². The predicted molar refractivity (Wildman–Crippen MR) is 92.8 cm³/mol. The molecule has 0 aromatic heterocycles. The lowest BCUT2D eigenvalue weighted by Crippen LogP contribution is -2.22. The van der Waals surface area contributed by atoms with E-state index >= 15 is 0 Å². The minimum absolute atomic E-state index is 0.0926. The second-order valence-corrected chi connectivity index (χ2v) is 7.15. The molecule has 0 aliphatic carbocycles. The van der Waals surface area contributed by atoms with Crippen molar-refractivity contribution in [3.8, 4) is 5.75 Å². The molecule has 7 heteroatoms. The summed E-state index contributed by atoms with van der Waals surface area (Å²) in [7, 11) is -3.77. The molecule has 0 saturated carbocycles. The molecule has 6 nitrogen and oxygen atoms in total. The van der Waals surface area contributed by atoms with E-state index in [0.717, 1.165) is 12.0 Å². The van der Waals surface area contributed by atoms with E-state index in [4.69, 9.17) is 4.74 Å². The number of benzene rings is 2. The molecule has 0 heterocycles. The number of aryl methyl sites for hydroxylation is 1. The van der Waals surface area contributed by atoms with Gasteiger partial charge in [0.25, 0.3) is 10.0 Å². The van der Waals surface area contributed by atoms with Crippen molar-refractivity contribution in [1.82, 2.24) is 0 Å². The van der Waals surface area contributed by atoms with Gasteiger partial charge in [0, 0.05) is 5.97 Å². The Bertz CT molecular complexity index is 816. The summed E-state index contributed by atoms with van der Waals surface area (Å²) < 4.78 is 33.1. The molecular formula is C18H20NO5S-. The molecule has 134 valence electrons. The third kappa shape index (κ3) is 5.49. The highest BCUT2D eigenvalue weighted by Gasteiger charge is 2.16. The van der Waals surface area contributed by atoms with Crippen LogP contribution in [0.5, 0.6) is 5.75 Å². The molecular weight excluding hydrogens is 342 g/mol. The molecule has 0 unspecified atom stereocenters. The SMILES string of the molecule is CCCOc1ccccc1NS(=O)(=O)c1ccc(CCC(=O)[O-])cc1. The molecule has 0 amide bonds. The van der Waals surface area contributed by atoms with Gasteiger partial charge in [0.1, 0.15) is 5.75 Å². The molecule has 0 radical (unpaired) electrons. The summed E-state index contributed by atoms with van der Waals surface area (Å²) in [5, 5.41) is 10.5. The van der Waals surface area contributed by atoms with Gasteiger partial charge in [-0.3, -0.25) is 4.72 Å². The number of carbonyl (C=O) groups is 1. The van der Waals surface area contributed by atoms with Crippen molar-refractivity contribution in [2.75, 3.05) is 11.3 Å². The molecule has 0 aliphatic rings. The Balaban J connectivity index is 2.15. The van der Waals surface area contributed by atoms with Crippen LogP contribution in [-0.2, 0) is 21.2 Å². The predicted octanol–water partition coefficient (Wildman–Crippen LogP) is 1.96. The first-order valence-corrected chi connectivity index (χ1v) is 9.44. The van der Waals surface area contributed by atoms with E-state index in [9.17, 15) is 18.3 Å². The standard InChI is InChI=1S/C18H21NO5S/c1-2-13-24-17-6-4-3-5-16(17)19-25(22,23)15-10-7-14(8-11-15)9-12-18(20)21/h3-8,10-11,19H,2,9,12-13H2,1H3,(H,20,21)/p-1. The first-order valence-electron chi connectivity index (χ1n) is 7.96. The van der Waals surface area contributed by atoms with E-state index in [1.54, 1.807) is 36.4 Å². The molecule has 2 aromatic rings. The number of carboxylic acid groups (broad SMARTS) is 1. The molecule has 0 atom stereocenters. The summed E-state index contributed by atoms with van der Waals surface area (Å²) in [6.07, 6.45) is 1.00. The number of rotatable bonds is 9. The van der Waals surface area contributed by atoms with Gasteiger partial charge < -0.3 is 14.6 Å². The lowest BCUT2D eigenvalue weighted by molar-refractivity contribution is -0.305. The van der Waals surface area contributed by atoms with Gasteiger partial charge in [0.05, 0.1) is 17.2 Å². The number of aliphatic carboxylic acids is 1. The van der Waals surface area contributed by atoms with Gasteiger partial charge in [-0.2, -0.15) is 0 Å². The number of para-hydroxylation sites is 2. The average Bonchev–Trinajstić information content (AvgIpc) is 2.59. The maximum Gasteiger partial charge on any atom is 0.262 e. The smallest absolute Gasteiger partial charge is 0.262 e. The lowest BCUT2D eigenvalue weighted by Gasteiger charge is -2.13. The van der Waals surface area contributed by atoms with Gasteiger partial charge >= 0.3 is 0 Å². The van der Waals surface area contributed by atoms with Crippen LogP contribution >= 0.6 is 0 Å². The first kappa shape index (κ1) is 18.8. The Morgan fingerprint density at radius 3 is 2.44 bits per heavy atom. The maximum absolute atomic E-state index is 12.5. The average molecular weight is 362 g/mol. The molecule has 0 spiro atoms. The number of anilines is 1. The minimum atomic E-state index is -3.77. The number of sulfonamides is 1. The minimum Gasteiger partial charge on any atom is -0.550 e. The molecule has 0 fully saturated rings. The number of carbonyl (C=O) groups excluding carboxylic acids is 1. The van der Waals surface area contributed by atoms with Gasteiger partial charge in [-0.25, -0.2) is 8.42 Å². The van der Waals surface area contributed by atoms with Crippen molar-refractivity contribution in [2.24, 2.45) is 0 Å². The Morgan fingerprint density at radius 2 is 1.80 bits per heavy atom. The zero-order chi connectivity index (χ0) is 18.3. The zero-order valence-corrected chi connectivity index (χ0v) is 14.7. The quantitative estimate of drug-likeness (QED) is 0.736. The molecule has 1 N–H and O–H groups in total. The third-order valence-electron chi connectivity index (χ3n) is 3.44. The molecule has 0 saturated heterocycles. The largest absolute Gasteiger partial charge is 0.550 e. The second kappa shape index (κ2) is 8.53. The Hall–Kier alpha value is -2.54. The summed E-state index contributed by atoms with van der Waals surface area (Å²) in [5.41, 5.74) is 1.10. The van der Waals surface area contributed by atoms with Crippen LogP contribution in [-0.4, -0.2) is 21.0 Å². The highest BCUT2D eigenvalue weighted by atomic mass is 32.2. The van der Waals surface area contributed by atoms with Crippen molar-refractivity contribution in [1.29, 1.82) is 0 Å². The highest BCUT2D eigenvalue weighted by molar-refractivity contribution is 7.92. The number of carboxylic acids is 1. The highest BCUT2D eigenvalue weighted by Crippen LogP contribution is 2.26. The normalized spacial score (nSPS) is 11.1. The van der Waals surface area contributed by atoms with Crippen LogP contribution in [0, 0.1) is 0 Å². The van der Waals surface area contributed by atoms with E-state index in [2.05, 4.69) is 4.72 Å². The lowest BCUT2D eigenvalue weighted by atomic mass is 10.1. The van der Waals surface area contributed by atoms with Crippen LogP contribution in [0.15, 0.2) is 53.4 Å². The van der Waals surface area contributed by atoms with Crippen molar-refractivity contribution < 1.29 is 23.1 Å². The van der Waals surface area contributed by atoms with Crippen molar-refractivity contribution >= 4 is 21.7 Å². The fourth-order valence-corrected chi connectivity index (χ4v) is 3.24. The van der Waals surface area contributed by atoms with Crippen LogP contribution in [0.25, 0.3) is 0 Å². The summed E-state index contributed by atoms with van der Waals surface area (Å²) in [6.45, 7) is 2.46. The molecule has 25 heavy (non-hydrogen) atoms. The fourth-order valence-electron chi connectivity index (χ4n) is 2.17. The van der Waals surface area contributed by atoms with Crippen LogP contribution in [0.3, 0.4) is 0 Å². The van der Waals surface area contributed by atoms with Crippen molar-refractivity contribution in [3.05, 3.63) is 54.1 Å². The molecule has 2 rings (SSSR count). The Morgan fingerprint density at radius 1 is 1.12 bits per heavy atom. The van der Waals surface area contributed by atoms with Crippen LogP contribution in [0.1, 0.15) is 25.3 Å².